The van der Waals surface area contributed by atoms with E-state index in [0.29, 0.717) is 6.54 Å². The molecule has 1 N–H and O–H groups in total. The SMILES string of the molecule is CC(C)N(C(=O)CN1CCNCC1c1cccc(F)c1)C(C)C.Cl. The molecule has 1 aromatic carbocycles. The lowest BCUT2D eigenvalue weighted by Gasteiger charge is -2.39. The monoisotopic (exact) mass is 357 g/mol. The van der Waals surface area contributed by atoms with E-state index in [9.17, 15) is 9.18 Å². The zero-order valence-corrected chi connectivity index (χ0v) is 15.8. The summed E-state index contributed by atoms with van der Waals surface area (Å²) in [6.45, 7) is 10.9. The predicted molar refractivity (Wildman–Crippen MR) is 97.9 cm³/mol. The number of nitrogens with one attached hydrogen (secondary N) is 1. The van der Waals surface area contributed by atoms with Crippen molar-refractivity contribution in [1.29, 1.82) is 0 Å². The van der Waals surface area contributed by atoms with Gasteiger partial charge in [0.1, 0.15) is 5.82 Å². The van der Waals surface area contributed by atoms with Gasteiger partial charge in [-0.3, -0.25) is 9.69 Å². The highest BCUT2D eigenvalue weighted by Gasteiger charge is 2.29. The molecule has 0 bridgehead atoms. The first-order valence-electron chi connectivity index (χ1n) is 8.41. The summed E-state index contributed by atoms with van der Waals surface area (Å²) in [5, 5.41) is 3.34. The van der Waals surface area contributed by atoms with Crippen molar-refractivity contribution in [2.24, 2.45) is 0 Å². The standard InChI is InChI=1S/C18H28FN3O.ClH/c1-13(2)22(14(3)4)18(23)12-21-9-8-20-11-17(21)15-6-5-7-16(19)10-15;/h5-7,10,13-14,17,20H,8-9,11-12H2,1-4H3;1H. The molecule has 1 amide bonds. The Morgan fingerprint density at radius 3 is 2.58 bits per heavy atom. The Bertz CT molecular complexity index is 531. The molecule has 0 spiro atoms. The van der Waals surface area contributed by atoms with Crippen LogP contribution < -0.4 is 5.32 Å². The molecule has 1 aliphatic rings. The predicted octanol–water partition coefficient (Wildman–Crippen LogP) is 2.84. The molecule has 1 unspecified atom stereocenters. The molecule has 0 aromatic heterocycles. The first kappa shape index (κ1) is 20.9. The first-order chi connectivity index (χ1) is 10.9. The normalized spacial score (nSPS) is 18.5. The van der Waals surface area contributed by atoms with E-state index in [2.05, 4.69) is 10.2 Å². The largest absolute Gasteiger partial charge is 0.337 e. The molecule has 0 radical (unpaired) electrons. The Morgan fingerprint density at radius 2 is 2.00 bits per heavy atom. The summed E-state index contributed by atoms with van der Waals surface area (Å²) in [6.07, 6.45) is 0. The fourth-order valence-electron chi connectivity index (χ4n) is 3.41. The zero-order valence-electron chi connectivity index (χ0n) is 15.0. The Balaban J connectivity index is 0.00000288. The van der Waals surface area contributed by atoms with Gasteiger partial charge in [0, 0.05) is 37.8 Å². The van der Waals surface area contributed by atoms with Crippen LogP contribution in [0.25, 0.3) is 0 Å². The number of amides is 1. The zero-order chi connectivity index (χ0) is 17.0. The average molecular weight is 358 g/mol. The number of piperazine rings is 1. The average Bonchev–Trinajstić information content (AvgIpc) is 2.46. The van der Waals surface area contributed by atoms with Gasteiger partial charge in [0.15, 0.2) is 0 Å². The Morgan fingerprint density at radius 1 is 1.33 bits per heavy atom. The lowest BCUT2D eigenvalue weighted by Crippen LogP contribution is -2.52. The van der Waals surface area contributed by atoms with Crippen LogP contribution in [0.4, 0.5) is 4.39 Å². The molecule has 1 aliphatic heterocycles. The summed E-state index contributed by atoms with van der Waals surface area (Å²) in [7, 11) is 0. The minimum Gasteiger partial charge on any atom is -0.337 e. The number of halogens is 2. The number of hydrogen-bond donors (Lipinski definition) is 1. The number of carbonyl (C=O) groups is 1. The van der Waals surface area contributed by atoms with E-state index in [1.807, 2.05) is 38.7 Å². The molecule has 4 nitrogen and oxygen atoms in total. The maximum atomic E-state index is 13.5. The van der Waals surface area contributed by atoms with Crippen LogP contribution in [0.15, 0.2) is 24.3 Å². The van der Waals surface area contributed by atoms with Gasteiger partial charge in [0.2, 0.25) is 5.91 Å². The third-order valence-electron chi connectivity index (χ3n) is 4.33. The van der Waals surface area contributed by atoms with Gasteiger partial charge in [-0.1, -0.05) is 12.1 Å². The van der Waals surface area contributed by atoms with Gasteiger partial charge in [0.05, 0.1) is 6.54 Å². The number of hydrogen-bond acceptors (Lipinski definition) is 3. The van der Waals surface area contributed by atoms with E-state index in [1.165, 1.54) is 6.07 Å². The van der Waals surface area contributed by atoms with Crippen molar-refractivity contribution < 1.29 is 9.18 Å². The van der Waals surface area contributed by atoms with E-state index < -0.39 is 0 Å². The molecule has 1 saturated heterocycles. The van der Waals surface area contributed by atoms with E-state index in [4.69, 9.17) is 0 Å². The van der Waals surface area contributed by atoms with E-state index >= 15 is 0 Å². The maximum Gasteiger partial charge on any atom is 0.237 e. The summed E-state index contributed by atoms with van der Waals surface area (Å²) < 4.78 is 13.5. The summed E-state index contributed by atoms with van der Waals surface area (Å²) in [4.78, 5) is 16.8. The number of carbonyl (C=O) groups excluding carboxylic acids is 1. The van der Waals surface area contributed by atoms with Crippen molar-refractivity contribution in [3.63, 3.8) is 0 Å². The second kappa shape index (κ2) is 9.35. The number of nitrogens with zero attached hydrogens (tertiary/aromatic N) is 2. The number of rotatable bonds is 5. The summed E-state index contributed by atoms with van der Waals surface area (Å²) >= 11 is 0. The minimum atomic E-state index is -0.231. The molecular weight excluding hydrogens is 329 g/mol. The van der Waals surface area contributed by atoms with Crippen molar-refractivity contribution >= 4 is 18.3 Å². The van der Waals surface area contributed by atoms with Crippen LogP contribution >= 0.6 is 12.4 Å². The second-order valence-electron chi connectivity index (χ2n) is 6.73. The molecule has 0 saturated carbocycles. The molecule has 1 heterocycles. The van der Waals surface area contributed by atoms with Crippen LogP contribution in [-0.2, 0) is 4.79 Å². The lowest BCUT2D eigenvalue weighted by molar-refractivity contribution is -0.136. The Labute approximate surface area is 150 Å². The molecule has 0 aliphatic carbocycles. The van der Waals surface area contributed by atoms with Gasteiger partial charge in [-0.15, -0.1) is 12.4 Å². The molecular formula is C18H29ClFN3O. The maximum absolute atomic E-state index is 13.5. The highest BCUT2D eigenvalue weighted by Crippen LogP contribution is 2.23. The molecule has 1 atom stereocenters. The van der Waals surface area contributed by atoms with Gasteiger partial charge in [-0.25, -0.2) is 4.39 Å². The molecule has 6 heteroatoms. The van der Waals surface area contributed by atoms with Crippen molar-refractivity contribution in [2.75, 3.05) is 26.2 Å². The second-order valence-corrected chi connectivity index (χ2v) is 6.73. The fourth-order valence-corrected chi connectivity index (χ4v) is 3.41. The molecule has 2 rings (SSSR count). The Kier molecular flexibility index (Phi) is 8.13. The van der Waals surface area contributed by atoms with E-state index in [-0.39, 0.29) is 42.3 Å². The van der Waals surface area contributed by atoms with E-state index in [1.54, 1.807) is 12.1 Å². The quantitative estimate of drug-likeness (QED) is 0.880. The summed E-state index contributed by atoms with van der Waals surface area (Å²) in [5.41, 5.74) is 0.922. The van der Waals surface area contributed by atoms with Crippen LogP contribution in [0, 0.1) is 5.82 Å². The molecule has 24 heavy (non-hydrogen) atoms. The van der Waals surface area contributed by atoms with Crippen LogP contribution in [0.2, 0.25) is 0 Å². The van der Waals surface area contributed by atoms with Gasteiger partial charge in [-0.2, -0.15) is 0 Å². The third kappa shape index (κ3) is 5.16. The van der Waals surface area contributed by atoms with Crippen molar-refractivity contribution in [1.82, 2.24) is 15.1 Å². The Hall–Kier alpha value is -1.17. The van der Waals surface area contributed by atoms with Gasteiger partial charge in [-0.05, 0) is 45.4 Å². The van der Waals surface area contributed by atoms with Gasteiger partial charge >= 0.3 is 0 Å². The van der Waals surface area contributed by atoms with Crippen molar-refractivity contribution in [2.45, 2.75) is 45.8 Å². The van der Waals surface area contributed by atoms with Crippen LogP contribution in [-0.4, -0.2) is 54.0 Å². The van der Waals surface area contributed by atoms with Crippen LogP contribution in [0.3, 0.4) is 0 Å². The summed E-state index contributed by atoms with van der Waals surface area (Å²) in [6, 6.07) is 7.07. The highest BCUT2D eigenvalue weighted by atomic mass is 35.5. The van der Waals surface area contributed by atoms with Gasteiger partial charge < -0.3 is 10.2 Å². The highest BCUT2D eigenvalue weighted by molar-refractivity contribution is 5.85. The van der Waals surface area contributed by atoms with Crippen molar-refractivity contribution in [3.8, 4) is 0 Å². The minimum absolute atomic E-state index is 0. The third-order valence-corrected chi connectivity index (χ3v) is 4.33. The lowest BCUT2D eigenvalue weighted by atomic mass is 10.0. The smallest absolute Gasteiger partial charge is 0.237 e. The van der Waals surface area contributed by atoms with E-state index in [0.717, 1.165) is 25.2 Å². The topological polar surface area (TPSA) is 35.6 Å². The molecule has 1 aromatic rings. The number of benzene rings is 1. The van der Waals surface area contributed by atoms with Gasteiger partial charge in [0.25, 0.3) is 0 Å². The van der Waals surface area contributed by atoms with Crippen molar-refractivity contribution in [3.05, 3.63) is 35.6 Å². The molecule has 136 valence electrons. The fraction of sp³-hybridized carbons (Fsp3) is 0.611. The van der Waals surface area contributed by atoms with Crippen LogP contribution in [0.1, 0.15) is 39.3 Å². The summed E-state index contributed by atoms with van der Waals surface area (Å²) in [5.74, 6) is -0.0939. The molecule has 1 fully saturated rings. The first-order valence-corrected chi connectivity index (χ1v) is 8.41. The van der Waals surface area contributed by atoms with Crippen LogP contribution in [0.5, 0.6) is 0 Å².